The Morgan fingerprint density at radius 2 is 2.24 bits per heavy atom. The molecule has 2 heterocycles. The number of hydrogen-bond donors (Lipinski definition) is 1. The smallest absolute Gasteiger partial charge is 0.271 e. The van der Waals surface area contributed by atoms with Gasteiger partial charge in [-0.25, -0.2) is 0 Å². The molecular formula is C15H18N4OS. The normalized spacial score (nSPS) is 14.3. The van der Waals surface area contributed by atoms with E-state index in [0.717, 1.165) is 24.2 Å². The highest BCUT2D eigenvalue weighted by Crippen LogP contribution is 2.32. The molecule has 5 nitrogen and oxygen atoms in total. The van der Waals surface area contributed by atoms with Crippen LogP contribution in [0.2, 0.25) is 0 Å². The number of carbonyl (C=O) groups is 1. The number of amides is 1. The quantitative estimate of drug-likeness (QED) is 0.866. The Balaban J connectivity index is 2.00. The molecule has 0 atom stereocenters. The van der Waals surface area contributed by atoms with Gasteiger partial charge in [0.15, 0.2) is 0 Å². The number of hydrogen-bond acceptors (Lipinski definition) is 5. The first-order valence-corrected chi connectivity index (χ1v) is 7.87. The van der Waals surface area contributed by atoms with Crippen LogP contribution in [0.1, 0.15) is 47.1 Å². The molecule has 0 aliphatic carbocycles. The van der Waals surface area contributed by atoms with Crippen molar-refractivity contribution < 1.29 is 4.79 Å². The Bertz CT molecular complexity index is 680. The van der Waals surface area contributed by atoms with E-state index < -0.39 is 0 Å². The monoisotopic (exact) mass is 302 g/mol. The summed E-state index contributed by atoms with van der Waals surface area (Å²) >= 11 is 1.17. The Morgan fingerprint density at radius 3 is 3.00 bits per heavy atom. The van der Waals surface area contributed by atoms with Gasteiger partial charge in [0.05, 0.1) is 5.69 Å². The van der Waals surface area contributed by atoms with Crippen LogP contribution in [-0.2, 0) is 6.42 Å². The summed E-state index contributed by atoms with van der Waals surface area (Å²) in [5, 5.41) is 4.10. The zero-order valence-electron chi connectivity index (χ0n) is 12.2. The third-order valence-electron chi connectivity index (χ3n) is 3.73. The fourth-order valence-corrected chi connectivity index (χ4v) is 3.42. The number of nitrogens with two attached hydrogens (primary N) is 1. The number of nitrogens with zero attached hydrogens (tertiary/aromatic N) is 3. The second-order valence-corrected chi connectivity index (χ2v) is 6.34. The number of nitrogen functional groups attached to an aromatic ring is 1. The Morgan fingerprint density at radius 1 is 1.43 bits per heavy atom. The molecule has 0 saturated carbocycles. The maximum atomic E-state index is 12.9. The maximum absolute atomic E-state index is 12.9. The van der Waals surface area contributed by atoms with Crippen LogP contribution >= 0.6 is 11.5 Å². The van der Waals surface area contributed by atoms with Crippen LogP contribution in [0.15, 0.2) is 18.2 Å². The summed E-state index contributed by atoms with van der Waals surface area (Å²) < 4.78 is 3.95. The van der Waals surface area contributed by atoms with Crippen LogP contribution in [0.4, 0.5) is 11.4 Å². The van der Waals surface area contributed by atoms with Crippen molar-refractivity contribution in [3.63, 3.8) is 0 Å². The molecule has 110 valence electrons. The third-order valence-corrected chi connectivity index (χ3v) is 4.46. The minimum atomic E-state index is -0.0137. The van der Waals surface area contributed by atoms with Gasteiger partial charge in [-0.05, 0) is 48.0 Å². The van der Waals surface area contributed by atoms with E-state index >= 15 is 0 Å². The van der Waals surface area contributed by atoms with Crippen molar-refractivity contribution in [1.82, 2.24) is 9.59 Å². The average Bonchev–Trinajstić information content (AvgIpc) is 2.95. The van der Waals surface area contributed by atoms with E-state index in [9.17, 15) is 4.79 Å². The first-order chi connectivity index (χ1) is 10.1. The molecule has 0 fully saturated rings. The van der Waals surface area contributed by atoms with Crippen LogP contribution in [0.5, 0.6) is 0 Å². The lowest BCUT2D eigenvalue weighted by molar-refractivity contribution is 0.0987. The summed E-state index contributed by atoms with van der Waals surface area (Å²) in [7, 11) is 0. The Hall–Kier alpha value is -1.95. The van der Waals surface area contributed by atoms with Gasteiger partial charge >= 0.3 is 0 Å². The molecule has 1 aromatic carbocycles. The van der Waals surface area contributed by atoms with Crippen LogP contribution in [0, 0.1) is 0 Å². The summed E-state index contributed by atoms with van der Waals surface area (Å²) in [6.45, 7) is 4.76. The van der Waals surface area contributed by atoms with Crippen molar-refractivity contribution in [2.45, 2.75) is 32.6 Å². The second kappa shape index (κ2) is 5.44. The number of carbonyl (C=O) groups excluding carboxylic acids is 1. The Kier molecular flexibility index (Phi) is 3.63. The maximum Gasteiger partial charge on any atom is 0.271 e. The number of anilines is 2. The number of fused-ring (bicyclic) bond motifs is 1. The van der Waals surface area contributed by atoms with E-state index in [4.69, 9.17) is 5.73 Å². The van der Waals surface area contributed by atoms with Crippen molar-refractivity contribution in [2.75, 3.05) is 17.2 Å². The van der Waals surface area contributed by atoms with E-state index in [-0.39, 0.29) is 11.8 Å². The standard InChI is InChI=1S/C15H18N4OS/c1-9(2)13-14(21-18-17-13)15(20)19-7-3-4-10-5-6-11(16)8-12(10)19/h5-6,8-9H,3-4,7,16H2,1-2H3. The molecule has 6 heteroatoms. The van der Waals surface area contributed by atoms with Gasteiger partial charge < -0.3 is 10.6 Å². The lowest BCUT2D eigenvalue weighted by atomic mass is 10.0. The number of rotatable bonds is 2. The van der Waals surface area contributed by atoms with Gasteiger partial charge in [0.1, 0.15) is 4.88 Å². The van der Waals surface area contributed by atoms with E-state index in [1.54, 1.807) is 0 Å². The van der Waals surface area contributed by atoms with Gasteiger partial charge in [-0.3, -0.25) is 4.79 Å². The van der Waals surface area contributed by atoms with Crippen LogP contribution in [0.25, 0.3) is 0 Å². The zero-order chi connectivity index (χ0) is 15.0. The number of aryl methyl sites for hydroxylation is 1. The molecule has 0 radical (unpaired) electrons. The fraction of sp³-hybridized carbons (Fsp3) is 0.400. The Labute approximate surface area is 127 Å². The molecule has 21 heavy (non-hydrogen) atoms. The summed E-state index contributed by atoms with van der Waals surface area (Å²) in [6.07, 6.45) is 1.95. The molecule has 1 aliphatic rings. The minimum absolute atomic E-state index is 0.0137. The van der Waals surface area contributed by atoms with Crippen molar-refractivity contribution in [1.29, 1.82) is 0 Å². The summed E-state index contributed by atoms with van der Waals surface area (Å²) in [5.41, 5.74) is 9.44. The molecule has 2 aromatic rings. The highest BCUT2D eigenvalue weighted by atomic mass is 32.1. The van der Waals surface area contributed by atoms with E-state index in [2.05, 4.69) is 9.59 Å². The minimum Gasteiger partial charge on any atom is -0.399 e. The predicted molar refractivity (Wildman–Crippen MR) is 84.8 cm³/mol. The van der Waals surface area contributed by atoms with Gasteiger partial charge in [0, 0.05) is 17.9 Å². The molecule has 2 N–H and O–H groups in total. The van der Waals surface area contributed by atoms with Crippen molar-refractivity contribution >= 4 is 28.8 Å². The summed E-state index contributed by atoms with van der Waals surface area (Å²) in [4.78, 5) is 15.3. The van der Waals surface area contributed by atoms with Crippen LogP contribution in [0.3, 0.4) is 0 Å². The summed E-state index contributed by atoms with van der Waals surface area (Å²) in [6, 6.07) is 5.79. The van der Waals surface area contributed by atoms with Gasteiger partial charge in [-0.1, -0.05) is 24.4 Å². The second-order valence-electron chi connectivity index (χ2n) is 5.59. The van der Waals surface area contributed by atoms with E-state index in [0.29, 0.717) is 17.1 Å². The largest absolute Gasteiger partial charge is 0.399 e. The average molecular weight is 302 g/mol. The molecule has 1 aromatic heterocycles. The fourth-order valence-electron chi connectivity index (χ4n) is 2.65. The lowest BCUT2D eigenvalue weighted by Crippen LogP contribution is -2.35. The van der Waals surface area contributed by atoms with E-state index in [1.807, 2.05) is 36.9 Å². The molecule has 1 amide bonds. The first kappa shape index (κ1) is 14.0. The summed E-state index contributed by atoms with van der Waals surface area (Å²) in [5.74, 6) is 0.174. The number of aromatic nitrogens is 2. The van der Waals surface area contributed by atoms with Crippen LogP contribution < -0.4 is 10.6 Å². The lowest BCUT2D eigenvalue weighted by Gasteiger charge is -2.29. The highest BCUT2D eigenvalue weighted by molar-refractivity contribution is 7.08. The topological polar surface area (TPSA) is 72.1 Å². The molecule has 0 unspecified atom stereocenters. The molecular weight excluding hydrogens is 284 g/mol. The molecule has 0 saturated heterocycles. The molecule has 0 bridgehead atoms. The molecule has 3 rings (SSSR count). The number of benzene rings is 1. The molecule has 1 aliphatic heterocycles. The van der Waals surface area contributed by atoms with Gasteiger partial charge in [-0.2, -0.15) is 0 Å². The van der Waals surface area contributed by atoms with Crippen molar-refractivity contribution in [3.05, 3.63) is 34.3 Å². The van der Waals surface area contributed by atoms with Gasteiger partial charge in [0.2, 0.25) is 0 Å². The van der Waals surface area contributed by atoms with Crippen molar-refractivity contribution in [2.24, 2.45) is 0 Å². The predicted octanol–water partition coefficient (Wildman–Crippen LogP) is 2.84. The highest BCUT2D eigenvalue weighted by Gasteiger charge is 2.28. The first-order valence-electron chi connectivity index (χ1n) is 7.10. The van der Waals surface area contributed by atoms with Gasteiger partial charge in [0.25, 0.3) is 5.91 Å². The third kappa shape index (κ3) is 2.51. The zero-order valence-corrected chi connectivity index (χ0v) is 13.0. The van der Waals surface area contributed by atoms with E-state index in [1.165, 1.54) is 17.1 Å². The van der Waals surface area contributed by atoms with Gasteiger partial charge in [-0.15, -0.1) is 5.10 Å². The van der Waals surface area contributed by atoms with Crippen LogP contribution in [-0.4, -0.2) is 22.0 Å². The molecule has 0 spiro atoms. The van der Waals surface area contributed by atoms with Crippen molar-refractivity contribution in [3.8, 4) is 0 Å². The SMILES string of the molecule is CC(C)c1nnsc1C(=O)N1CCCc2ccc(N)cc21.